The molecule has 2 saturated carbocycles. The molecule has 3 rings (SSSR count). The highest BCUT2D eigenvalue weighted by Crippen LogP contribution is 2.52. The number of benzene rings is 1. The molecule has 0 heterocycles. The van der Waals surface area contributed by atoms with Gasteiger partial charge in [0.05, 0.1) is 6.10 Å². The second-order valence-electron chi connectivity index (χ2n) is 5.69. The lowest BCUT2D eigenvalue weighted by Gasteiger charge is -2.27. The molecular formula is C15H20O. The Labute approximate surface area is 97.5 Å². The largest absolute Gasteiger partial charge is 0.388 e. The fraction of sp³-hybridized carbons (Fsp3) is 0.600. The average molecular weight is 216 g/mol. The molecule has 0 aromatic heterocycles. The fourth-order valence-corrected chi connectivity index (χ4v) is 3.69. The molecule has 0 amide bonds. The Balaban J connectivity index is 1.77. The van der Waals surface area contributed by atoms with Crippen LogP contribution >= 0.6 is 0 Å². The van der Waals surface area contributed by atoms with Crippen molar-refractivity contribution in [3.8, 4) is 0 Å². The molecule has 2 bridgehead atoms. The zero-order chi connectivity index (χ0) is 11.1. The summed E-state index contributed by atoms with van der Waals surface area (Å²) in [5, 5.41) is 10.4. The van der Waals surface area contributed by atoms with E-state index in [1.165, 1.54) is 31.2 Å². The van der Waals surface area contributed by atoms with Crippen molar-refractivity contribution in [1.29, 1.82) is 0 Å². The van der Waals surface area contributed by atoms with Gasteiger partial charge in [0.25, 0.3) is 0 Å². The molecule has 0 spiro atoms. The molecule has 1 N–H and O–H groups in total. The maximum absolute atomic E-state index is 10.4. The van der Waals surface area contributed by atoms with Crippen LogP contribution in [-0.4, -0.2) is 5.11 Å². The van der Waals surface area contributed by atoms with Crippen LogP contribution in [0.1, 0.15) is 42.9 Å². The van der Waals surface area contributed by atoms with Gasteiger partial charge >= 0.3 is 0 Å². The van der Waals surface area contributed by atoms with Crippen LogP contribution in [0.25, 0.3) is 0 Å². The molecular weight excluding hydrogens is 196 g/mol. The van der Waals surface area contributed by atoms with Crippen LogP contribution in [0, 0.1) is 24.7 Å². The van der Waals surface area contributed by atoms with Gasteiger partial charge in [-0.3, -0.25) is 0 Å². The van der Waals surface area contributed by atoms with Gasteiger partial charge in [0.1, 0.15) is 0 Å². The Morgan fingerprint density at radius 2 is 1.88 bits per heavy atom. The van der Waals surface area contributed by atoms with Crippen molar-refractivity contribution in [2.45, 2.75) is 38.7 Å². The molecule has 86 valence electrons. The van der Waals surface area contributed by atoms with Gasteiger partial charge in [0.2, 0.25) is 0 Å². The number of aryl methyl sites for hydroxylation is 1. The Kier molecular flexibility index (Phi) is 2.51. The number of aliphatic hydroxyl groups is 1. The molecule has 0 radical (unpaired) electrons. The summed E-state index contributed by atoms with van der Waals surface area (Å²) in [6.45, 7) is 2.09. The van der Waals surface area contributed by atoms with E-state index in [4.69, 9.17) is 0 Å². The Bertz CT molecular complexity index is 368. The SMILES string of the molecule is Cc1ccc(C(O)C2CC3CCC2C3)cc1. The van der Waals surface area contributed by atoms with Crippen LogP contribution in [0.4, 0.5) is 0 Å². The Hall–Kier alpha value is -0.820. The number of hydrogen-bond donors (Lipinski definition) is 1. The monoisotopic (exact) mass is 216 g/mol. The van der Waals surface area contributed by atoms with Crippen LogP contribution in [0.5, 0.6) is 0 Å². The topological polar surface area (TPSA) is 20.2 Å². The molecule has 16 heavy (non-hydrogen) atoms. The second-order valence-corrected chi connectivity index (χ2v) is 5.69. The highest BCUT2D eigenvalue weighted by atomic mass is 16.3. The highest BCUT2D eigenvalue weighted by Gasteiger charge is 2.42. The van der Waals surface area contributed by atoms with Gasteiger partial charge in [0.15, 0.2) is 0 Å². The van der Waals surface area contributed by atoms with Gasteiger partial charge in [-0.1, -0.05) is 36.2 Å². The Morgan fingerprint density at radius 3 is 2.44 bits per heavy atom. The summed E-state index contributed by atoms with van der Waals surface area (Å²) in [5.41, 5.74) is 2.38. The molecule has 4 unspecified atom stereocenters. The minimum Gasteiger partial charge on any atom is -0.388 e. The normalized spacial score (nSPS) is 34.2. The molecule has 2 fully saturated rings. The third-order valence-electron chi connectivity index (χ3n) is 4.62. The van der Waals surface area contributed by atoms with E-state index < -0.39 is 0 Å². The van der Waals surface area contributed by atoms with Crippen molar-refractivity contribution in [2.75, 3.05) is 0 Å². The van der Waals surface area contributed by atoms with E-state index in [-0.39, 0.29) is 6.10 Å². The molecule has 4 atom stereocenters. The van der Waals surface area contributed by atoms with E-state index in [0.29, 0.717) is 5.92 Å². The predicted octanol–water partition coefficient (Wildman–Crippen LogP) is 3.46. The fourth-order valence-electron chi connectivity index (χ4n) is 3.69. The first-order valence-electron chi connectivity index (χ1n) is 6.48. The second kappa shape index (κ2) is 3.89. The summed E-state index contributed by atoms with van der Waals surface area (Å²) in [6, 6.07) is 8.38. The van der Waals surface area contributed by atoms with Gasteiger partial charge in [-0.05, 0) is 49.5 Å². The van der Waals surface area contributed by atoms with Crippen LogP contribution in [0.3, 0.4) is 0 Å². The van der Waals surface area contributed by atoms with Crippen molar-refractivity contribution < 1.29 is 5.11 Å². The lowest BCUT2D eigenvalue weighted by atomic mass is 9.82. The summed E-state index contributed by atoms with van der Waals surface area (Å²) in [4.78, 5) is 0. The quantitative estimate of drug-likeness (QED) is 0.802. The molecule has 1 nitrogen and oxygen atoms in total. The summed E-state index contributed by atoms with van der Waals surface area (Å²) < 4.78 is 0. The first-order chi connectivity index (χ1) is 7.74. The number of rotatable bonds is 2. The number of hydrogen-bond acceptors (Lipinski definition) is 1. The summed E-state index contributed by atoms with van der Waals surface area (Å²) in [7, 11) is 0. The first kappa shape index (κ1) is 10.3. The Morgan fingerprint density at radius 1 is 1.12 bits per heavy atom. The molecule has 1 aromatic carbocycles. The summed E-state index contributed by atoms with van der Waals surface area (Å²) >= 11 is 0. The average Bonchev–Trinajstić information content (AvgIpc) is 2.91. The van der Waals surface area contributed by atoms with Gasteiger partial charge < -0.3 is 5.11 Å². The molecule has 0 aliphatic heterocycles. The van der Waals surface area contributed by atoms with Crippen LogP contribution in [-0.2, 0) is 0 Å². The molecule has 1 heteroatoms. The molecule has 1 aromatic rings. The number of fused-ring (bicyclic) bond motifs is 2. The minimum absolute atomic E-state index is 0.226. The highest BCUT2D eigenvalue weighted by molar-refractivity contribution is 5.24. The third kappa shape index (κ3) is 1.67. The van der Waals surface area contributed by atoms with E-state index in [9.17, 15) is 5.11 Å². The van der Waals surface area contributed by atoms with E-state index in [2.05, 4.69) is 31.2 Å². The van der Waals surface area contributed by atoms with Crippen molar-refractivity contribution in [3.63, 3.8) is 0 Å². The van der Waals surface area contributed by atoms with E-state index in [1.807, 2.05) is 0 Å². The van der Waals surface area contributed by atoms with Crippen molar-refractivity contribution in [2.24, 2.45) is 17.8 Å². The van der Waals surface area contributed by atoms with Gasteiger partial charge in [-0.25, -0.2) is 0 Å². The van der Waals surface area contributed by atoms with E-state index >= 15 is 0 Å². The predicted molar refractivity (Wildman–Crippen MR) is 65.1 cm³/mol. The van der Waals surface area contributed by atoms with Crippen LogP contribution < -0.4 is 0 Å². The van der Waals surface area contributed by atoms with Crippen molar-refractivity contribution in [3.05, 3.63) is 35.4 Å². The summed E-state index contributed by atoms with van der Waals surface area (Å²) in [6.07, 6.45) is 5.14. The third-order valence-corrected chi connectivity index (χ3v) is 4.62. The van der Waals surface area contributed by atoms with Gasteiger partial charge in [-0.2, -0.15) is 0 Å². The smallest absolute Gasteiger partial charge is 0.0820 e. The van der Waals surface area contributed by atoms with Gasteiger partial charge in [-0.15, -0.1) is 0 Å². The first-order valence-corrected chi connectivity index (χ1v) is 6.48. The van der Waals surface area contributed by atoms with E-state index in [1.54, 1.807) is 0 Å². The van der Waals surface area contributed by atoms with E-state index in [0.717, 1.165) is 17.4 Å². The molecule has 2 aliphatic rings. The minimum atomic E-state index is -0.226. The zero-order valence-electron chi connectivity index (χ0n) is 9.89. The maximum atomic E-state index is 10.4. The van der Waals surface area contributed by atoms with Crippen LogP contribution in [0.15, 0.2) is 24.3 Å². The molecule has 2 aliphatic carbocycles. The van der Waals surface area contributed by atoms with Crippen molar-refractivity contribution >= 4 is 0 Å². The maximum Gasteiger partial charge on any atom is 0.0820 e. The standard InChI is InChI=1S/C15H20O/c1-10-2-5-12(6-3-10)15(16)14-9-11-4-7-13(14)8-11/h2-3,5-6,11,13-16H,4,7-9H2,1H3. The number of aliphatic hydroxyl groups excluding tert-OH is 1. The lowest BCUT2D eigenvalue weighted by Crippen LogP contribution is -2.19. The van der Waals surface area contributed by atoms with Gasteiger partial charge in [0, 0.05) is 0 Å². The lowest BCUT2D eigenvalue weighted by molar-refractivity contribution is 0.0745. The zero-order valence-corrected chi connectivity index (χ0v) is 9.89. The molecule has 0 saturated heterocycles. The summed E-state index contributed by atoms with van der Waals surface area (Å²) in [5.74, 6) is 2.23. The van der Waals surface area contributed by atoms with Crippen molar-refractivity contribution in [1.82, 2.24) is 0 Å². The van der Waals surface area contributed by atoms with Crippen LogP contribution in [0.2, 0.25) is 0 Å².